The predicted molar refractivity (Wildman–Crippen MR) is 75.3 cm³/mol. The van der Waals surface area contributed by atoms with Crippen LogP contribution in [0.2, 0.25) is 0 Å². The number of carbonyl (C=O) groups excluding carboxylic acids is 1. The Morgan fingerprint density at radius 2 is 2.44 bits per heavy atom. The van der Waals surface area contributed by atoms with E-state index in [0.717, 1.165) is 19.3 Å². The Morgan fingerprint density at radius 3 is 3.00 bits per heavy atom. The van der Waals surface area contributed by atoms with E-state index in [-0.39, 0.29) is 23.9 Å². The second-order valence-electron chi connectivity index (χ2n) is 4.76. The third-order valence-corrected chi connectivity index (χ3v) is 4.22. The van der Waals surface area contributed by atoms with Crippen LogP contribution in [0, 0.1) is 5.92 Å². The molecule has 0 radical (unpaired) electrons. The van der Waals surface area contributed by atoms with Crippen molar-refractivity contribution in [2.45, 2.75) is 38.3 Å². The first-order chi connectivity index (χ1) is 8.70. The lowest BCUT2D eigenvalue weighted by molar-refractivity contribution is -0.124. The quantitative estimate of drug-likeness (QED) is 0.803. The highest BCUT2D eigenvalue weighted by atomic mass is 32.1. The minimum atomic E-state index is -0.0562. The summed E-state index contributed by atoms with van der Waals surface area (Å²) in [6, 6.07) is 4.29. The summed E-state index contributed by atoms with van der Waals surface area (Å²) >= 11 is 1.70. The number of carbonyl (C=O) groups is 1. The number of hydrogen-bond acceptors (Lipinski definition) is 3. The second kappa shape index (κ2) is 6.16. The van der Waals surface area contributed by atoms with Gasteiger partial charge in [-0.2, -0.15) is 0 Å². The van der Waals surface area contributed by atoms with E-state index in [4.69, 9.17) is 5.73 Å². The molecule has 1 aromatic heterocycles. The molecule has 0 bridgehead atoms. The van der Waals surface area contributed by atoms with Crippen molar-refractivity contribution in [3.8, 4) is 0 Å². The zero-order chi connectivity index (χ0) is 13.0. The number of rotatable bonds is 5. The monoisotopic (exact) mass is 264 g/mol. The van der Waals surface area contributed by atoms with Gasteiger partial charge in [-0.15, -0.1) is 11.3 Å². The van der Waals surface area contributed by atoms with Gasteiger partial charge in [-0.1, -0.05) is 31.6 Å². The van der Waals surface area contributed by atoms with Crippen molar-refractivity contribution in [2.75, 3.05) is 0 Å². The first kappa shape index (κ1) is 13.3. The van der Waals surface area contributed by atoms with Crippen molar-refractivity contribution in [3.05, 3.63) is 34.5 Å². The lowest BCUT2D eigenvalue weighted by atomic mass is 10.0. The molecule has 0 aromatic carbocycles. The average Bonchev–Trinajstić information content (AvgIpc) is 2.98. The van der Waals surface area contributed by atoms with Crippen LogP contribution in [0.25, 0.3) is 0 Å². The van der Waals surface area contributed by atoms with E-state index >= 15 is 0 Å². The fraction of sp³-hybridized carbons (Fsp3) is 0.500. The topological polar surface area (TPSA) is 55.1 Å². The van der Waals surface area contributed by atoms with Gasteiger partial charge in [0.15, 0.2) is 0 Å². The molecule has 3 nitrogen and oxygen atoms in total. The van der Waals surface area contributed by atoms with Crippen LogP contribution >= 0.6 is 11.3 Å². The molecule has 3 N–H and O–H groups in total. The number of nitrogens with two attached hydrogens (primary N) is 1. The van der Waals surface area contributed by atoms with Gasteiger partial charge >= 0.3 is 0 Å². The van der Waals surface area contributed by atoms with E-state index in [1.807, 2.05) is 18.2 Å². The third-order valence-electron chi connectivity index (χ3n) is 3.23. The molecule has 4 heteroatoms. The molecule has 1 heterocycles. The number of nitrogens with one attached hydrogen (secondary N) is 1. The smallest absolute Gasteiger partial charge is 0.227 e. The Bertz CT molecular complexity index is 413. The zero-order valence-corrected chi connectivity index (χ0v) is 11.5. The van der Waals surface area contributed by atoms with Crippen molar-refractivity contribution >= 4 is 17.2 Å². The van der Waals surface area contributed by atoms with Crippen molar-refractivity contribution < 1.29 is 4.79 Å². The lowest BCUT2D eigenvalue weighted by Gasteiger charge is -2.19. The molecule has 0 spiro atoms. The maximum atomic E-state index is 12.2. The molecule has 0 saturated carbocycles. The molecule has 1 aliphatic rings. The fourth-order valence-electron chi connectivity index (χ4n) is 2.26. The van der Waals surface area contributed by atoms with Gasteiger partial charge in [0.05, 0.1) is 12.0 Å². The summed E-state index contributed by atoms with van der Waals surface area (Å²) in [5, 5.41) is 5.20. The first-order valence-electron chi connectivity index (χ1n) is 6.48. The second-order valence-corrected chi connectivity index (χ2v) is 5.74. The zero-order valence-electron chi connectivity index (χ0n) is 10.6. The van der Waals surface area contributed by atoms with Crippen molar-refractivity contribution in [3.63, 3.8) is 0 Å². The highest BCUT2D eigenvalue weighted by molar-refractivity contribution is 7.10. The van der Waals surface area contributed by atoms with Gasteiger partial charge in [0, 0.05) is 10.9 Å². The molecule has 1 aromatic rings. The van der Waals surface area contributed by atoms with Gasteiger partial charge in [0.2, 0.25) is 5.91 Å². The van der Waals surface area contributed by atoms with Crippen LogP contribution in [0.4, 0.5) is 0 Å². The van der Waals surface area contributed by atoms with Crippen LogP contribution in [0.5, 0.6) is 0 Å². The van der Waals surface area contributed by atoms with Crippen molar-refractivity contribution in [1.29, 1.82) is 0 Å². The Balaban J connectivity index is 1.97. The molecule has 98 valence electrons. The van der Waals surface area contributed by atoms with Crippen LogP contribution in [0.15, 0.2) is 29.7 Å². The molecule has 2 rings (SSSR count). The van der Waals surface area contributed by atoms with E-state index in [1.54, 1.807) is 11.3 Å². The molecule has 3 atom stereocenters. The molecule has 0 aliphatic heterocycles. The third kappa shape index (κ3) is 3.21. The van der Waals surface area contributed by atoms with E-state index in [2.05, 4.69) is 23.7 Å². The normalized spacial score (nSPS) is 24.1. The van der Waals surface area contributed by atoms with Gasteiger partial charge in [-0.3, -0.25) is 4.79 Å². The van der Waals surface area contributed by atoms with Crippen LogP contribution in [-0.4, -0.2) is 11.9 Å². The maximum Gasteiger partial charge on any atom is 0.227 e. The minimum absolute atomic E-state index is 0.0344. The van der Waals surface area contributed by atoms with Gasteiger partial charge in [-0.25, -0.2) is 0 Å². The molecule has 18 heavy (non-hydrogen) atoms. The molecule has 0 saturated heterocycles. The Hall–Kier alpha value is -1.13. The molecule has 0 fully saturated rings. The minimum Gasteiger partial charge on any atom is -0.348 e. The molecular weight excluding hydrogens is 244 g/mol. The summed E-state index contributed by atoms with van der Waals surface area (Å²) in [5.41, 5.74) is 5.78. The van der Waals surface area contributed by atoms with Crippen molar-refractivity contribution in [1.82, 2.24) is 5.32 Å². The SMILES string of the molecule is CCCC(NC(=O)C1C=CC(N)C1)c1cccs1. The van der Waals surface area contributed by atoms with Crippen LogP contribution in [0.3, 0.4) is 0 Å². The van der Waals surface area contributed by atoms with Gasteiger partial charge in [-0.05, 0) is 24.3 Å². The van der Waals surface area contributed by atoms with E-state index in [0.29, 0.717) is 0 Å². The Labute approximate surface area is 112 Å². The molecule has 3 unspecified atom stereocenters. The van der Waals surface area contributed by atoms with Crippen LogP contribution in [-0.2, 0) is 4.79 Å². The largest absolute Gasteiger partial charge is 0.348 e. The average molecular weight is 264 g/mol. The standard InChI is InChI=1S/C14H20N2OS/c1-2-4-12(13-5-3-8-18-13)16-14(17)10-6-7-11(15)9-10/h3,5-8,10-12H,2,4,9,15H2,1H3,(H,16,17). The summed E-state index contributed by atoms with van der Waals surface area (Å²) in [6.07, 6.45) is 6.62. The lowest BCUT2D eigenvalue weighted by Crippen LogP contribution is -2.33. The number of thiophene rings is 1. The summed E-state index contributed by atoms with van der Waals surface area (Å²) in [7, 11) is 0. The predicted octanol–water partition coefficient (Wildman–Crippen LogP) is 2.61. The van der Waals surface area contributed by atoms with Gasteiger partial charge in [0.25, 0.3) is 0 Å². The molecular formula is C14H20N2OS. The maximum absolute atomic E-state index is 12.2. The summed E-state index contributed by atoms with van der Waals surface area (Å²) in [5.74, 6) is 0.0466. The number of hydrogen-bond donors (Lipinski definition) is 2. The van der Waals surface area contributed by atoms with Crippen molar-refractivity contribution in [2.24, 2.45) is 11.7 Å². The van der Waals surface area contributed by atoms with Gasteiger partial charge < -0.3 is 11.1 Å². The Morgan fingerprint density at radius 1 is 1.61 bits per heavy atom. The van der Waals surface area contributed by atoms with Gasteiger partial charge in [0.1, 0.15) is 0 Å². The Kier molecular flexibility index (Phi) is 4.55. The highest BCUT2D eigenvalue weighted by Crippen LogP contribution is 2.25. The summed E-state index contributed by atoms with van der Waals surface area (Å²) in [4.78, 5) is 13.4. The molecule has 1 aliphatic carbocycles. The fourth-order valence-corrected chi connectivity index (χ4v) is 3.08. The van der Waals surface area contributed by atoms with Crippen LogP contribution in [0.1, 0.15) is 37.1 Å². The summed E-state index contributed by atoms with van der Waals surface area (Å²) in [6.45, 7) is 2.14. The summed E-state index contributed by atoms with van der Waals surface area (Å²) < 4.78 is 0. The van der Waals surface area contributed by atoms with E-state index in [1.165, 1.54) is 4.88 Å². The number of amides is 1. The van der Waals surface area contributed by atoms with E-state index in [9.17, 15) is 4.79 Å². The van der Waals surface area contributed by atoms with E-state index < -0.39 is 0 Å². The first-order valence-corrected chi connectivity index (χ1v) is 7.36. The van der Waals surface area contributed by atoms with Crippen LogP contribution < -0.4 is 11.1 Å². The molecule has 1 amide bonds. The highest BCUT2D eigenvalue weighted by Gasteiger charge is 2.25.